The zero-order chi connectivity index (χ0) is 31.4. The van der Waals surface area contributed by atoms with E-state index in [0.29, 0.717) is 4.88 Å². The van der Waals surface area contributed by atoms with Crippen molar-refractivity contribution >= 4 is 63.2 Å². The molecule has 0 atom stereocenters. The number of carboxylic acids is 1. The van der Waals surface area contributed by atoms with E-state index >= 15 is 0 Å². The van der Waals surface area contributed by atoms with Gasteiger partial charge < -0.3 is 29.6 Å². The van der Waals surface area contributed by atoms with Crippen LogP contribution in [0.2, 0.25) is 0 Å². The Labute approximate surface area is 258 Å². The van der Waals surface area contributed by atoms with Gasteiger partial charge >= 0.3 is 5.97 Å². The predicted octanol–water partition coefficient (Wildman–Crippen LogP) is 7.14. The largest absolute Gasteiger partial charge is 0.477 e. The van der Waals surface area contributed by atoms with E-state index < -0.39 is 5.97 Å². The van der Waals surface area contributed by atoms with Gasteiger partial charge in [-0.2, -0.15) is 5.26 Å². The second-order valence-corrected chi connectivity index (χ2v) is 12.2. The fourth-order valence-corrected chi connectivity index (χ4v) is 5.50. The molecule has 1 heterocycles. The minimum absolute atomic E-state index is 0.284. The van der Waals surface area contributed by atoms with Crippen LogP contribution in [-0.4, -0.2) is 67.5 Å². The standard InChI is InChI=1S/C34H38N6O2S/c1-36(2)26-16-27(37(3)4)19-30(18-26)40(31-20-28(38(5)6)17-29(21-31)39(7)8)25-11-9-23(10-12-25)33-14-13-32(43-33)15-24(22-35)34(41)42/h9-21H,1-8H3,(H,41,42). The molecule has 0 radical (unpaired) electrons. The molecule has 222 valence electrons. The first-order valence-corrected chi connectivity index (χ1v) is 14.5. The molecule has 0 fully saturated rings. The highest BCUT2D eigenvalue weighted by Gasteiger charge is 2.18. The van der Waals surface area contributed by atoms with Crippen LogP contribution >= 0.6 is 11.3 Å². The minimum atomic E-state index is -1.23. The monoisotopic (exact) mass is 594 g/mol. The highest BCUT2D eigenvalue weighted by atomic mass is 32.1. The molecule has 43 heavy (non-hydrogen) atoms. The van der Waals surface area contributed by atoms with Crippen molar-refractivity contribution in [3.8, 4) is 16.5 Å². The van der Waals surface area contributed by atoms with E-state index in [0.717, 1.165) is 50.3 Å². The summed E-state index contributed by atoms with van der Waals surface area (Å²) in [4.78, 5) is 23.7. The van der Waals surface area contributed by atoms with Gasteiger partial charge in [0.1, 0.15) is 11.6 Å². The number of nitrogens with zero attached hydrogens (tertiary/aromatic N) is 6. The van der Waals surface area contributed by atoms with Crippen molar-refractivity contribution in [1.29, 1.82) is 5.26 Å². The van der Waals surface area contributed by atoms with Crippen LogP contribution in [-0.2, 0) is 4.79 Å². The van der Waals surface area contributed by atoms with Gasteiger partial charge in [0.05, 0.1) is 11.4 Å². The zero-order valence-corrected chi connectivity index (χ0v) is 26.8. The normalized spacial score (nSPS) is 11.1. The third-order valence-corrected chi connectivity index (χ3v) is 8.11. The number of aliphatic carboxylic acids is 1. The Bertz CT molecular complexity index is 1560. The van der Waals surface area contributed by atoms with Crippen LogP contribution < -0.4 is 24.5 Å². The van der Waals surface area contributed by atoms with E-state index in [-0.39, 0.29) is 5.57 Å². The Balaban J connectivity index is 1.87. The van der Waals surface area contributed by atoms with Gasteiger partial charge in [0, 0.05) is 94.6 Å². The van der Waals surface area contributed by atoms with Gasteiger partial charge in [-0.05, 0) is 72.3 Å². The van der Waals surface area contributed by atoms with Crippen molar-refractivity contribution in [3.63, 3.8) is 0 Å². The highest BCUT2D eigenvalue weighted by Crippen LogP contribution is 2.42. The summed E-state index contributed by atoms with van der Waals surface area (Å²) in [6.07, 6.45) is 1.41. The molecule has 0 saturated carbocycles. The molecular formula is C34H38N6O2S. The molecule has 1 N–H and O–H groups in total. The molecule has 8 nitrogen and oxygen atoms in total. The summed E-state index contributed by atoms with van der Waals surface area (Å²) in [7, 11) is 16.4. The van der Waals surface area contributed by atoms with E-state index in [1.165, 1.54) is 17.4 Å². The molecule has 0 amide bonds. The van der Waals surface area contributed by atoms with Crippen molar-refractivity contribution in [3.05, 3.63) is 83.2 Å². The highest BCUT2D eigenvalue weighted by molar-refractivity contribution is 7.16. The van der Waals surface area contributed by atoms with Crippen molar-refractivity contribution in [2.45, 2.75) is 0 Å². The quantitative estimate of drug-likeness (QED) is 0.153. The molecule has 0 aliphatic carbocycles. The van der Waals surface area contributed by atoms with Crippen LogP contribution in [0.25, 0.3) is 16.5 Å². The average Bonchev–Trinajstić information content (AvgIpc) is 3.44. The average molecular weight is 595 g/mol. The molecule has 0 saturated heterocycles. The lowest BCUT2D eigenvalue weighted by Crippen LogP contribution is -2.17. The number of hydrogen-bond acceptors (Lipinski definition) is 8. The second-order valence-electron chi connectivity index (χ2n) is 11.1. The lowest BCUT2D eigenvalue weighted by Gasteiger charge is -2.30. The third-order valence-electron chi connectivity index (χ3n) is 7.03. The van der Waals surface area contributed by atoms with Gasteiger partial charge in [0.2, 0.25) is 0 Å². The fraction of sp³-hybridized carbons (Fsp3) is 0.235. The van der Waals surface area contributed by atoms with Crippen LogP contribution in [0.1, 0.15) is 4.88 Å². The van der Waals surface area contributed by atoms with Crippen LogP contribution in [0.15, 0.2) is 78.4 Å². The molecule has 0 bridgehead atoms. The van der Waals surface area contributed by atoms with Crippen molar-refractivity contribution in [1.82, 2.24) is 0 Å². The lowest BCUT2D eigenvalue weighted by molar-refractivity contribution is -0.132. The van der Waals surface area contributed by atoms with Crippen LogP contribution in [0, 0.1) is 11.3 Å². The minimum Gasteiger partial charge on any atom is -0.477 e. The van der Waals surface area contributed by atoms with Crippen molar-refractivity contribution in [2.75, 3.05) is 80.9 Å². The molecule has 0 aliphatic rings. The second kappa shape index (κ2) is 12.9. The molecule has 4 rings (SSSR count). The Morgan fingerprint density at radius 2 is 1.07 bits per heavy atom. The van der Waals surface area contributed by atoms with Gasteiger partial charge in [-0.25, -0.2) is 4.79 Å². The molecular weight excluding hydrogens is 556 g/mol. The van der Waals surface area contributed by atoms with E-state index in [2.05, 4.69) is 142 Å². The lowest BCUT2D eigenvalue weighted by atomic mass is 10.1. The molecule has 9 heteroatoms. The topological polar surface area (TPSA) is 77.3 Å². The molecule has 0 unspecified atom stereocenters. The van der Waals surface area contributed by atoms with Crippen LogP contribution in [0.5, 0.6) is 0 Å². The maximum absolute atomic E-state index is 11.3. The Hall–Kier alpha value is -4.94. The smallest absolute Gasteiger partial charge is 0.346 e. The third kappa shape index (κ3) is 7.11. The van der Waals surface area contributed by atoms with E-state index in [4.69, 9.17) is 5.26 Å². The van der Waals surface area contributed by atoms with Gasteiger partial charge in [-0.1, -0.05) is 12.1 Å². The summed E-state index contributed by atoms with van der Waals surface area (Å²) in [5, 5.41) is 18.3. The van der Waals surface area contributed by atoms with Crippen molar-refractivity contribution < 1.29 is 9.90 Å². The Kier molecular flexibility index (Phi) is 9.32. The molecule has 0 aliphatic heterocycles. The van der Waals surface area contributed by atoms with E-state index in [9.17, 15) is 9.90 Å². The van der Waals surface area contributed by atoms with Gasteiger partial charge in [-0.15, -0.1) is 11.3 Å². The summed E-state index contributed by atoms with van der Waals surface area (Å²) in [6, 6.07) is 27.1. The summed E-state index contributed by atoms with van der Waals surface area (Å²) < 4.78 is 0. The Morgan fingerprint density at radius 1 is 0.651 bits per heavy atom. The van der Waals surface area contributed by atoms with Gasteiger partial charge in [-0.3, -0.25) is 0 Å². The maximum atomic E-state index is 11.3. The maximum Gasteiger partial charge on any atom is 0.346 e. The van der Waals surface area contributed by atoms with Crippen LogP contribution in [0.4, 0.5) is 39.8 Å². The number of carbonyl (C=O) groups is 1. The first-order chi connectivity index (χ1) is 20.4. The zero-order valence-electron chi connectivity index (χ0n) is 26.0. The molecule has 0 spiro atoms. The van der Waals surface area contributed by atoms with Gasteiger partial charge in [0.25, 0.3) is 0 Å². The SMILES string of the molecule is CN(C)c1cc(N(C)C)cc(N(c2ccc(-c3ccc(C=C(C#N)C(=O)O)s3)cc2)c2cc(N(C)C)cc(N(C)C)c2)c1. The number of carboxylic acid groups (broad SMARTS) is 1. The summed E-state index contributed by atoms with van der Waals surface area (Å²) in [5.74, 6) is -1.23. The number of thiophene rings is 1. The Morgan fingerprint density at radius 3 is 1.44 bits per heavy atom. The molecule has 3 aromatic carbocycles. The summed E-state index contributed by atoms with van der Waals surface area (Å²) >= 11 is 1.45. The first-order valence-electron chi connectivity index (χ1n) is 13.7. The van der Waals surface area contributed by atoms with Gasteiger partial charge in [0.15, 0.2) is 0 Å². The first kappa shape index (κ1) is 31.0. The molecule has 1 aromatic heterocycles. The number of benzene rings is 3. The number of anilines is 7. The predicted molar refractivity (Wildman–Crippen MR) is 183 cm³/mol. The summed E-state index contributed by atoms with van der Waals surface area (Å²) in [6.45, 7) is 0. The van der Waals surface area contributed by atoms with E-state index in [1.54, 1.807) is 6.07 Å². The van der Waals surface area contributed by atoms with Crippen molar-refractivity contribution in [2.24, 2.45) is 0 Å². The number of rotatable bonds is 10. The van der Waals surface area contributed by atoms with Crippen LogP contribution in [0.3, 0.4) is 0 Å². The summed E-state index contributed by atoms with van der Waals surface area (Å²) in [5.41, 5.74) is 8.16. The van der Waals surface area contributed by atoms with E-state index in [1.807, 2.05) is 12.1 Å². The fourth-order valence-electron chi connectivity index (χ4n) is 4.54. The number of nitriles is 1. The number of hydrogen-bond donors (Lipinski definition) is 1. The molecule has 4 aromatic rings.